The van der Waals surface area contributed by atoms with Gasteiger partial charge in [-0.2, -0.15) is 0 Å². The summed E-state index contributed by atoms with van der Waals surface area (Å²) in [5, 5.41) is 0.515. The topological polar surface area (TPSA) is 46.2 Å². The summed E-state index contributed by atoms with van der Waals surface area (Å²) in [6, 6.07) is 7.26. The van der Waals surface area contributed by atoms with Crippen LogP contribution < -0.4 is 4.72 Å². The van der Waals surface area contributed by atoms with Crippen molar-refractivity contribution in [2.75, 3.05) is 0 Å². The van der Waals surface area contributed by atoms with Crippen LogP contribution >= 0.6 is 11.6 Å². The highest BCUT2D eigenvalue weighted by molar-refractivity contribution is 7.88. The van der Waals surface area contributed by atoms with Crippen LogP contribution in [0.4, 0.5) is 0 Å². The lowest BCUT2D eigenvalue weighted by atomic mass is 9.96. The van der Waals surface area contributed by atoms with Crippen LogP contribution in [0.1, 0.15) is 31.2 Å². The number of sulfonamides is 1. The first-order chi connectivity index (χ1) is 9.03. The zero-order valence-corrected chi connectivity index (χ0v) is 12.3. The van der Waals surface area contributed by atoms with Crippen molar-refractivity contribution in [1.29, 1.82) is 0 Å². The van der Waals surface area contributed by atoms with Gasteiger partial charge >= 0.3 is 0 Å². The maximum atomic E-state index is 12.2. The molecular formula is C14H18ClNO2S. The summed E-state index contributed by atoms with van der Waals surface area (Å²) in [6.45, 7) is 0. The lowest BCUT2D eigenvalue weighted by Crippen LogP contribution is -2.39. The molecule has 0 heterocycles. The molecule has 2 fully saturated rings. The first kappa shape index (κ1) is 13.4. The summed E-state index contributed by atoms with van der Waals surface area (Å²) in [5.74, 6) is 1.25. The third-order valence-electron chi connectivity index (χ3n) is 4.37. The van der Waals surface area contributed by atoms with E-state index in [4.69, 9.17) is 11.6 Å². The van der Waals surface area contributed by atoms with Gasteiger partial charge in [-0.15, -0.1) is 0 Å². The Hall–Kier alpha value is -0.580. The second-order valence-electron chi connectivity index (χ2n) is 5.75. The highest BCUT2D eigenvalue weighted by Gasteiger charge is 2.41. The minimum atomic E-state index is -3.30. The molecule has 0 saturated heterocycles. The Balaban J connectivity index is 1.68. The van der Waals surface area contributed by atoms with Crippen molar-refractivity contribution in [3.63, 3.8) is 0 Å². The van der Waals surface area contributed by atoms with Gasteiger partial charge < -0.3 is 0 Å². The van der Waals surface area contributed by atoms with Crippen LogP contribution in [0.2, 0.25) is 5.02 Å². The van der Waals surface area contributed by atoms with Gasteiger partial charge in [0.2, 0.25) is 10.0 Å². The molecule has 1 aromatic rings. The Morgan fingerprint density at radius 1 is 1.21 bits per heavy atom. The molecule has 1 aromatic carbocycles. The molecule has 0 aromatic heterocycles. The van der Waals surface area contributed by atoms with Crippen LogP contribution in [-0.4, -0.2) is 14.5 Å². The van der Waals surface area contributed by atoms with E-state index in [1.807, 2.05) is 12.1 Å². The fourth-order valence-electron chi connectivity index (χ4n) is 3.48. The average molecular weight is 300 g/mol. The predicted molar refractivity (Wildman–Crippen MR) is 76.4 cm³/mol. The van der Waals surface area contributed by atoms with Crippen molar-refractivity contribution in [3.8, 4) is 0 Å². The monoisotopic (exact) mass is 299 g/mol. The largest absolute Gasteiger partial charge is 0.216 e. The molecule has 3 rings (SSSR count). The molecule has 1 N–H and O–H groups in total. The summed E-state index contributed by atoms with van der Waals surface area (Å²) < 4.78 is 27.3. The molecule has 2 aliphatic rings. The Bertz CT molecular complexity index is 573. The number of hydrogen-bond acceptors (Lipinski definition) is 2. The van der Waals surface area contributed by atoms with Gasteiger partial charge in [0.15, 0.2) is 0 Å². The van der Waals surface area contributed by atoms with Gasteiger partial charge in [-0.3, -0.25) is 0 Å². The Kier molecular flexibility index (Phi) is 3.58. The van der Waals surface area contributed by atoms with E-state index in [2.05, 4.69) is 4.72 Å². The molecule has 2 saturated carbocycles. The van der Waals surface area contributed by atoms with Gasteiger partial charge in [0.05, 0.1) is 5.75 Å². The zero-order valence-electron chi connectivity index (χ0n) is 10.7. The summed E-state index contributed by atoms with van der Waals surface area (Å²) >= 11 is 6.02. The molecule has 3 atom stereocenters. The van der Waals surface area contributed by atoms with Gasteiger partial charge in [0.25, 0.3) is 0 Å². The van der Waals surface area contributed by atoms with Crippen molar-refractivity contribution >= 4 is 21.6 Å². The van der Waals surface area contributed by atoms with E-state index in [9.17, 15) is 8.42 Å². The summed E-state index contributed by atoms with van der Waals surface area (Å²) in [5.41, 5.74) is 0.667. The highest BCUT2D eigenvalue weighted by Crippen LogP contribution is 2.44. The van der Waals surface area contributed by atoms with Crippen LogP contribution in [0.5, 0.6) is 0 Å². The molecule has 0 unspecified atom stereocenters. The van der Waals surface area contributed by atoms with E-state index in [1.54, 1.807) is 12.1 Å². The summed E-state index contributed by atoms with van der Waals surface area (Å²) in [7, 11) is -3.30. The van der Waals surface area contributed by atoms with Gasteiger partial charge in [0, 0.05) is 11.1 Å². The van der Waals surface area contributed by atoms with E-state index in [0.29, 0.717) is 16.5 Å². The van der Waals surface area contributed by atoms with Crippen LogP contribution in [0.15, 0.2) is 24.3 Å². The molecule has 0 amide bonds. The third-order valence-corrected chi connectivity index (χ3v) is 6.09. The fraction of sp³-hybridized carbons (Fsp3) is 0.571. The quantitative estimate of drug-likeness (QED) is 0.929. The molecule has 3 nitrogen and oxygen atoms in total. The van der Waals surface area contributed by atoms with E-state index in [0.717, 1.165) is 12.3 Å². The number of nitrogens with one attached hydrogen (secondary N) is 1. The first-order valence-corrected chi connectivity index (χ1v) is 8.80. The molecule has 5 heteroatoms. The van der Waals surface area contributed by atoms with Crippen LogP contribution in [-0.2, 0) is 15.8 Å². The molecular weight excluding hydrogens is 282 g/mol. The molecule has 104 valence electrons. The van der Waals surface area contributed by atoms with E-state index in [-0.39, 0.29) is 11.8 Å². The number of benzene rings is 1. The van der Waals surface area contributed by atoms with Crippen molar-refractivity contribution in [3.05, 3.63) is 34.9 Å². The lowest BCUT2D eigenvalue weighted by Gasteiger charge is -2.22. The van der Waals surface area contributed by atoms with Gasteiger partial charge in [-0.1, -0.05) is 36.2 Å². The maximum Gasteiger partial charge on any atom is 0.216 e. The van der Waals surface area contributed by atoms with Gasteiger partial charge in [-0.05, 0) is 42.7 Å². The number of halogens is 1. The van der Waals surface area contributed by atoms with Crippen LogP contribution in [0.25, 0.3) is 0 Å². The minimum absolute atomic E-state index is 0.0272. The van der Waals surface area contributed by atoms with E-state index < -0.39 is 10.0 Å². The number of fused-ring (bicyclic) bond motifs is 2. The third kappa shape index (κ3) is 2.96. The van der Waals surface area contributed by atoms with Crippen LogP contribution in [0.3, 0.4) is 0 Å². The Labute approximate surface area is 119 Å². The predicted octanol–water partition coefficient (Wildman–Crippen LogP) is 2.95. The lowest BCUT2D eigenvalue weighted by molar-refractivity contribution is 0.390. The summed E-state index contributed by atoms with van der Waals surface area (Å²) in [4.78, 5) is 0. The Morgan fingerprint density at radius 3 is 2.63 bits per heavy atom. The molecule has 0 aliphatic heterocycles. The first-order valence-electron chi connectivity index (χ1n) is 6.77. The molecule has 2 bridgehead atoms. The van der Waals surface area contributed by atoms with Crippen molar-refractivity contribution in [2.24, 2.45) is 11.8 Å². The van der Waals surface area contributed by atoms with Crippen molar-refractivity contribution in [2.45, 2.75) is 37.5 Å². The van der Waals surface area contributed by atoms with Gasteiger partial charge in [-0.25, -0.2) is 13.1 Å². The minimum Gasteiger partial charge on any atom is -0.212 e. The second kappa shape index (κ2) is 5.08. The standard InChI is InChI=1S/C14H18ClNO2S/c15-13-4-2-1-3-12(13)9-19(17,18)16-14-8-10-5-6-11(14)7-10/h1-4,10-11,14,16H,5-9H2/t10-,11+,14-/m0/s1. The number of rotatable bonds is 4. The van der Waals surface area contributed by atoms with Crippen molar-refractivity contribution < 1.29 is 8.42 Å². The Morgan fingerprint density at radius 2 is 2.00 bits per heavy atom. The number of hydrogen-bond donors (Lipinski definition) is 1. The van der Waals surface area contributed by atoms with E-state index >= 15 is 0 Å². The molecule has 0 spiro atoms. The summed E-state index contributed by atoms with van der Waals surface area (Å²) in [6.07, 6.45) is 4.64. The van der Waals surface area contributed by atoms with E-state index in [1.165, 1.54) is 19.3 Å². The highest BCUT2D eigenvalue weighted by atomic mass is 35.5. The van der Waals surface area contributed by atoms with Crippen LogP contribution in [0, 0.1) is 11.8 Å². The maximum absolute atomic E-state index is 12.2. The average Bonchev–Trinajstić information content (AvgIpc) is 2.93. The van der Waals surface area contributed by atoms with Gasteiger partial charge in [0.1, 0.15) is 0 Å². The normalized spacial score (nSPS) is 29.8. The molecule has 0 radical (unpaired) electrons. The molecule has 19 heavy (non-hydrogen) atoms. The fourth-order valence-corrected chi connectivity index (χ4v) is 5.26. The second-order valence-corrected chi connectivity index (χ2v) is 7.91. The van der Waals surface area contributed by atoms with Crippen molar-refractivity contribution in [1.82, 2.24) is 4.72 Å². The molecule has 2 aliphatic carbocycles. The zero-order chi connectivity index (χ0) is 13.5. The smallest absolute Gasteiger partial charge is 0.212 e. The SMILES string of the molecule is O=S(=O)(Cc1ccccc1Cl)N[C@H]1C[C@H]2CC[C@@H]1C2.